The molecule has 1 saturated heterocycles. The van der Waals surface area contributed by atoms with Crippen LogP contribution in [0.1, 0.15) is 0 Å². The summed E-state index contributed by atoms with van der Waals surface area (Å²) < 4.78 is 29.1. The van der Waals surface area contributed by atoms with Gasteiger partial charge in [0.15, 0.2) is 0 Å². The molecule has 0 amide bonds. The lowest BCUT2D eigenvalue weighted by Gasteiger charge is -1.94. The van der Waals surface area contributed by atoms with Gasteiger partial charge in [0.1, 0.15) is 6.10 Å². The molecule has 0 saturated carbocycles. The first-order chi connectivity index (χ1) is 4.14. The molecule has 1 aliphatic rings. The molecular formula is C3H5ClO4S. The molecule has 0 aromatic rings. The van der Waals surface area contributed by atoms with Crippen LogP contribution in [0.3, 0.4) is 0 Å². The van der Waals surface area contributed by atoms with Gasteiger partial charge in [-0.15, -0.1) is 11.6 Å². The van der Waals surface area contributed by atoms with Gasteiger partial charge in [-0.2, -0.15) is 8.42 Å². The molecule has 0 aromatic heterocycles. The smallest absolute Gasteiger partial charge is 0.245 e. The second kappa shape index (κ2) is 2.42. The Morgan fingerprint density at radius 1 is 1.67 bits per heavy atom. The van der Waals surface area contributed by atoms with E-state index in [1.54, 1.807) is 0 Å². The fourth-order valence-corrected chi connectivity index (χ4v) is 1.51. The van der Waals surface area contributed by atoms with Gasteiger partial charge in [-0.3, -0.25) is 0 Å². The molecule has 0 N–H and O–H groups in total. The molecule has 1 atom stereocenters. The van der Waals surface area contributed by atoms with Crippen molar-refractivity contribution < 1.29 is 16.8 Å². The maximum absolute atomic E-state index is 10.3. The molecule has 4 nitrogen and oxygen atoms in total. The van der Waals surface area contributed by atoms with Gasteiger partial charge in [-0.1, -0.05) is 0 Å². The highest BCUT2D eigenvalue weighted by atomic mass is 35.5. The fraction of sp³-hybridized carbons (Fsp3) is 1.00. The third-order valence-electron chi connectivity index (χ3n) is 0.824. The average Bonchev–Trinajstić information content (AvgIpc) is 2.10. The van der Waals surface area contributed by atoms with Crippen molar-refractivity contribution in [2.45, 2.75) is 6.10 Å². The largest absolute Gasteiger partial charge is 0.400 e. The minimum atomic E-state index is -3.69. The number of rotatable bonds is 1. The minimum Gasteiger partial charge on any atom is -0.245 e. The van der Waals surface area contributed by atoms with Crippen LogP contribution in [0.5, 0.6) is 0 Å². The van der Waals surface area contributed by atoms with Crippen LogP contribution in [0.4, 0.5) is 0 Å². The molecule has 1 fully saturated rings. The van der Waals surface area contributed by atoms with Crippen molar-refractivity contribution >= 4 is 22.0 Å². The maximum atomic E-state index is 10.3. The highest BCUT2D eigenvalue weighted by Crippen LogP contribution is 2.12. The molecule has 0 bridgehead atoms. The van der Waals surface area contributed by atoms with Crippen molar-refractivity contribution in [3.05, 3.63) is 0 Å². The summed E-state index contributed by atoms with van der Waals surface area (Å²) in [6.07, 6.45) is -0.503. The lowest BCUT2D eigenvalue weighted by molar-refractivity contribution is 0.261. The number of hydrogen-bond acceptors (Lipinski definition) is 4. The summed E-state index contributed by atoms with van der Waals surface area (Å²) in [5, 5.41) is 0. The quantitative estimate of drug-likeness (QED) is 0.518. The van der Waals surface area contributed by atoms with E-state index in [2.05, 4.69) is 8.37 Å². The summed E-state index contributed by atoms with van der Waals surface area (Å²) in [4.78, 5) is 0. The first kappa shape index (κ1) is 7.27. The SMILES string of the molecule is O=S1(=O)OC[C@@H](CCl)O1. The Morgan fingerprint density at radius 3 is 2.56 bits per heavy atom. The molecule has 0 radical (unpaired) electrons. The van der Waals surface area contributed by atoms with E-state index in [0.717, 1.165) is 0 Å². The third-order valence-corrected chi connectivity index (χ3v) is 2.10. The normalized spacial score (nSPS) is 32.8. The monoisotopic (exact) mass is 172 g/mol. The van der Waals surface area contributed by atoms with E-state index in [1.807, 2.05) is 0 Å². The van der Waals surface area contributed by atoms with Crippen LogP contribution in [-0.4, -0.2) is 27.0 Å². The Bertz CT molecular complexity index is 186. The summed E-state index contributed by atoms with van der Waals surface area (Å²) in [5.41, 5.74) is 0. The van der Waals surface area contributed by atoms with Crippen molar-refractivity contribution in [1.82, 2.24) is 0 Å². The lowest BCUT2D eigenvalue weighted by Crippen LogP contribution is -2.10. The van der Waals surface area contributed by atoms with E-state index in [0.29, 0.717) is 0 Å². The van der Waals surface area contributed by atoms with Crippen LogP contribution in [0.15, 0.2) is 0 Å². The van der Waals surface area contributed by atoms with E-state index in [9.17, 15) is 8.42 Å². The summed E-state index contributed by atoms with van der Waals surface area (Å²) in [5.74, 6) is 0.138. The van der Waals surface area contributed by atoms with Gasteiger partial charge in [-0.05, 0) is 0 Å². The van der Waals surface area contributed by atoms with Gasteiger partial charge >= 0.3 is 10.4 Å². The van der Waals surface area contributed by atoms with Crippen LogP contribution in [0.25, 0.3) is 0 Å². The van der Waals surface area contributed by atoms with Crippen molar-refractivity contribution in [1.29, 1.82) is 0 Å². The first-order valence-electron chi connectivity index (χ1n) is 2.27. The van der Waals surface area contributed by atoms with Crippen LogP contribution in [0.2, 0.25) is 0 Å². The molecule has 1 heterocycles. The molecule has 1 aliphatic heterocycles. The van der Waals surface area contributed by atoms with Crippen LogP contribution in [-0.2, 0) is 18.8 Å². The molecular weight excluding hydrogens is 168 g/mol. The Kier molecular flexibility index (Phi) is 1.95. The van der Waals surface area contributed by atoms with E-state index in [-0.39, 0.29) is 12.5 Å². The van der Waals surface area contributed by atoms with Gasteiger partial charge in [0.25, 0.3) is 0 Å². The second-order valence-electron chi connectivity index (χ2n) is 1.57. The summed E-state index contributed by atoms with van der Waals surface area (Å²) in [6, 6.07) is 0. The van der Waals surface area contributed by atoms with Gasteiger partial charge in [0, 0.05) is 0 Å². The minimum absolute atomic E-state index is 0.0336. The van der Waals surface area contributed by atoms with Gasteiger partial charge in [-0.25, -0.2) is 8.37 Å². The molecule has 6 heteroatoms. The topological polar surface area (TPSA) is 52.6 Å². The zero-order chi connectivity index (χ0) is 6.91. The van der Waals surface area contributed by atoms with Crippen molar-refractivity contribution in [3.63, 3.8) is 0 Å². The Morgan fingerprint density at radius 2 is 2.33 bits per heavy atom. The molecule has 0 aromatic carbocycles. The van der Waals surface area contributed by atoms with Gasteiger partial charge in [0.2, 0.25) is 0 Å². The molecule has 1 rings (SSSR count). The standard InChI is InChI=1S/C3H5ClO4S/c4-1-3-2-7-9(5,6)8-3/h3H,1-2H2/t3-/m1/s1. The second-order valence-corrected chi connectivity index (χ2v) is 3.12. The number of halogens is 1. The van der Waals surface area contributed by atoms with Crippen LogP contribution < -0.4 is 0 Å². The Hall–Kier alpha value is 0.160. The molecule has 9 heavy (non-hydrogen) atoms. The average molecular weight is 173 g/mol. The van der Waals surface area contributed by atoms with E-state index in [4.69, 9.17) is 11.6 Å². The predicted molar refractivity (Wildman–Crippen MR) is 30.5 cm³/mol. The molecule has 0 unspecified atom stereocenters. The molecule has 54 valence electrons. The van der Waals surface area contributed by atoms with Gasteiger partial charge in [0.05, 0.1) is 12.5 Å². The highest BCUT2D eigenvalue weighted by Gasteiger charge is 2.28. The van der Waals surface area contributed by atoms with E-state index in [1.165, 1.54) is 0 Å². The van der Waals surface area contributed by atoms with E-state index < -0.39 is 16.5 Å². The highest BCUT2D eigenvalue weighted by molar-refractivity contribution is 7.82. The number of alkyl halides is 1. The Labute approximate surface area is 58.0 Å². The molecule has 0 aliphatic carbocycles. The zero-order valence-electron chi connectivity index (χ0n) is 4.41. The first-order valence-corrected chi connectivity index (χ1v) is 4.14. The lowest BCUT2D eigenvalue weighted by atomic mass is 10.5. The van der Waals surface area contributed by atoms with Crippen molar-refractivity contribution in [2.75, 3.05) is 12.5 Å². The molecule has 0 spiro atoms. The van der Waals surface area contributed by atoms with Crippen LogP contribution in [0, 0.1) is 0 Å². The van der Waals surface area contributed by atoms with E-state index >= 15 is 0 Å². The number of hydrogen-bond donors (Lipinski definition) is 0. The predicted octanol–water partition coefficient (Wildman–Crippen LogP) is -0.115. The third kappa shape index (κ3) is 1.79. The fourth-order valence-electron chi connectivity index (χ4n) is 0.452. The summed E-state index contributed by atoms with van der Waals surface area (Å²) in [6.45, 7) is 0.0336. The maximum Gasteiger partial charge on any atom is 0.400 e. The summed E-state index contributed by atoms with van der Waals surface area (Å²) in [7, 11) is -3.69. The van der Waals surface area contributed by atoms with Gasteiger partial charge < -0.3 is 0 Å². The van der Waals surface area contributed by atoms with Crippen LogP contribution >= 0.6 is 11.6 Å². The van der Waals surface area contributed by atoms with Crippen molar-refractivity contribution in [2.24, 2.45) is 0 Å². The Balaban J connectivity index is 2.58. The zero-order valence-corrected chi connectivity index (χ0v) is 5.98. The van der Waals surface area contributed by atoms with Crippen molar-refractivity contribution in [3.8, 4) is 0 Å². The summed E-state index contributed by atoms with van der Waals surface area (Å²) >= 11 is 5.27.